The fraction of sp³-hybridized carbons (Fsp3) is 0.250. The van der Waals surface area contributed by atoms with E-state index in [4.69, 9.17) is 15.3 Å². The Morgan fingerprint density at radius 1 is 0.684 bits per heavy atom. The molecule has 0 saturated carbocycles. The van der Waals surface area contributed by atoms with Crippen LogP contribution in [0.3, 0.4) is 0 Å². The molecule has 0 unspecified atom stereocenters. The molecule has 0 aliphatic heterocycles. The van der Waals surface area contributed by atoms with Gasteiger partial charge in [0.15, 0.2) is 0 Å². The first-order chi connectivity index (χ1) is 8.65. The molecule has 3 N–H and O–H groups in total. The molecule has 0 heterocycles. The molecule has 0 aliphatic carbocycles. The third-order valence-corrected chi connectivity index (χ3v) is 9.54. The molecule has 0 aromatic rings. The molecule has 0 spiro atoms. The minimum absolute atomic E-state index is 0.103. The molecular weight excluding hydrogens is 384 g/mol. The van der Waals surface area contributed by atoms with Crippen LogP contribution in [0.15, 0.2) is 21.9 Å². The number of hydrogen-bond donors (Lipinski definition) is 3. The maximum atomic E-state index is 10.8. The molecule has 0 aliphatic rings. The van der Waals surface area contributed by atoms with E-state index in [-0.39, 0.29) is 16.7 Å². The van der Waals surface area contributed by atoms with Gasteiger partial charge in [-0.15, -0.1) is 0 Å². The number of aliphatic carboxylic acids is 3. The zero-order valence-corrected chi connectivity index (χ0v) is 14.0. The second-order valence-electron chi connectivity index (χ2n) is 3.90. The van der Waals surface area contributed by atoms with Crippen LogP contribution in [0, 0.1) is 34.6 Å². The van der Waals surface area contributed by atoms with Crippen molar-refractivity contribution in [1.82, 2.24) is 0 Å². The molecule has 0 fully saturated rings. The van der Waals surface area contributed by atoms with Crippen LogP contribution in [0.2, 0.25) is 0 Å². The van der Waals surface area contributed by atoms with E-state index in [2.05, 4.69) is 0 Å². The van der Waals surface area contributed by atoms with Gasteiger partial charge >= 0.3 is 125 Å². The Bertz CT molecular complexity index is 415. The first-order valence-corrected chi connectivity index (χ1v) is 10.8. The number of hydrogen-bond acceptors (Lipinski definition) is 3. The summed E-state index contributed by atoms with van der Waals surface area (Å²) >= 11 is -3.00. The van der Waals surface area contributed by atoms with Gasteiger partial charge in [-0.1, -0.05) is 0 Å². The van der Waals surface area contributed by atoms with Gasteiger partial charge in [0.1, 0.15) is 0 Å². The summed E-state index contributed by atoms with van der Waals surface area (Å²) in [7, 11) is 0. The maximum absolute atomic E-state index is 10.8. The summed E-state index contributed by atoms with van der Waals surface area (Å²) in [6.45, 7) is 4.21. The molecule has 19 heavy (non-hydrogen) atoms. The second kappa shape index (κ2) is 8.21. The third-order valence-electron chi connectivity index (χ3n) is 2.16. The molecule has 0 saturated heterocycles. The van der Waals surface area contributed by atoms with Crippen LogP contribution in [-0.4, -0.2) is 33.2 Å². The summed E-state index contributed by atoms with van der Waals surface area (Å²) < 4.78 is 4.52. The standard InChI is InChI=1S/3C4H5O2.Nd/c3*1-3(2)4(5)6;/h3*1H,2H3,(H,5,6);. The first-order valence-electron chi connectivity index (χ1n) is 5.27. The van der Waals surface area contributed by atoms with Crippen molar-refractivity contribution in [3.63, 3.8) is 0 Å². The Labute approximate surface area is 124 Å². The topological polar surface area (TPSA) is 112 Å². The van der Waals surface area contributed by atoms with E-state index in [9.17, 15) is 14.4 Å². The number of carboxylic acid groups (broad SMARTS) is 3. The predicted molar refractivity (Wildman–Crippen MR) is 64.2 cm³/mol. The molecule has 103 valence electrons. The molecule has 6 nitrogen and oxygen atoms in total. The van der Waals surface area contributed by atoms with E-state index in [0.29, 0.717) is 0 Å². The summed E-state index contributed by atoms with van der Waals surface area (Å²) in [4.78, 5) is 32.3. The van der Waals surface area contributed by atoms with Crippen molar-refractivity contribution >= 4 is 17.9 Å². The Kier molecular flexibility index (Phi) is 7.77. The SMILES string of the molecule is CC(=[CH][Nd]([CH]=C(C)C(=O)O)[CH]=C(C)C(=O)O)C(=O)O. The molecule has 0 amide bonds. The van der Waals surface area contributed by atoms with Crippen molar-refractivity contribution in [2.45, 2.75) is 20.8 Å². The zero-order chi connectivity index (χ0) is 15.2. The van der Waals surface area contributed by atoms with E-state index in [1.54, 1.807) is 0 Å². The fourth-order valence-electron chi connectivity index (χ4n) is 1.06. The Morgan fingerprint density at radius 3 is 1.05 bits per heavy atom. The van der Waals surface area contributed by atoms with Gasteiger partial charge in [-0.25, -0.2) is 0 Å². The normalized spacial score (nSPS) is 13.1. The first kappa shape index (κ1) is 18.0. The summed E-state index contributed by atoms with van der Waals surface area (Å²) in [5, 5.41) is 26.4. The average molecular weight is 399 g/mol. The van der Waals surface area contributed by atoms with Gasteiger partial charge in [-0.3, -0.25) is 0 Å². The summed E-state index contributed by atoms with van der Waals surface area (Å²) in [6.07, 6.45) is 0. The van der Waals surface area contributed by atoms with Crippen molar-refractivity contribution in [1.29, 1.82) is 0 Å². The van der Waals surface area contributed by atoms with E-state index in [0.717, 1.165) is 0 Å². The van der Waals surface area contributed by atoms with Crippen molar-refractivity contribution in [3.05, 3.63) is 21.9 Å². The van der Waals surface area contributed by atoms with Crippen LogP contribution in [0.1, 0.15) is 20.8 Å². The summed E-state index contributed by atoms with van der Waals surface area (Å²) in [5.74, 6) is -3.28. The van der Waals surface area contributed by atoms with Crippen LogP contribution < -0.4 is 0 Å². The van der Waals surface area contributed by atoms with Crippen molar-refractivity contribution < 1.29 is 64.3 Å². The summed E-state index contributed by atoms with van der Waals surface area (Å²) in [6, 6.07) is 0. The molecule has 0 aromatic heterocycles. The Balaban J connectivity index is 5.52. The van der Waals surface area contributed by atoms with Crippen molar-refractivity contribution in [3.8, 4) is 0 Å². The molecule has 0 rings (SSSR count). The molecule has 0 atom stereocenters. The number of carbonyl (C=O) groups is 3. The van der Waals surface area contributed by atoms with Crippen molar-refractivity contribution in [2.24, 2.45) is 0 Å². The van der Waals surface area contributed by atoms with E-state index >= 15 is 0 Å². The Morgan fingerprint density at radius 2 is 0.895 bits per heavy atom. The average Bonchev–Trinajstić information content (AvgIpc) is 2.27. The summed E-state index contributed by atoms with van der Waals surface area (Å²) in [5.41, 5.74) is 0.309. The Hall–Kier alpha value is -1.02. The predicted octanol–water partition coefficient (Wildman–Crippen LogP) is 1.57. The van der Waals surface area contributed by atoms with Gasteiger partial charge in [0.2, 0.25) is 0 Å². The van der Waals surface area contributed by atoms with Gasteiger partial charge in [-0.2, -0.15) is 0 Å². The van der Waals surface area contributed by atoms with Gasteiger partial charge in [0.05, 0.1) is 0 Å². The molecule has 7 heteroatoms. The van der Waals surface area contributed by atoms with Gasteiger partial charge in [0, 0.05) is 0 Å². The fourth-order valence-corrected chi connectivity index (χ4v) is 7.86. The van der Waals surface area contributed by atoms with E-state index in [1.165, 1.54) is 25.9 Å². The van der Waals surface area contributed by atoms with Gasteiger partial charge in [0.25, 0.3) is 0 Å². The third kappa shape index (κ3) is 7.22. The molecular formula is C12H15NdO6. The van der Waals surface area contributed by atoms with Gasteiger partial charge in [-0.05, 0) is 0 Å². The zero-order valence-electron chi connectivity index (χ0n) is 10.8. The molecule has 0 radical (unpaired) electrons. The van der Waals surface area contributed by atoms with Crippen LogP contribution in [0.5, 0.6) is 0 Å². The van der Waals surface area contributed by atoms with Crippen LogP contribution in [0.25, 0.3) is 0 Å². The van der Waals surface area contributed by atoms with Gasteiger partial charge < -0.3 is 0 Å². The quantitative estimate of drug-likeness (QED) is 0.585. The second-order valence-corrected chi connectivity index (χ2v) is 9.88. The van der Waals surface area contributed by atoms with Crippen LogP contribution in [-0.2, 0) is 14.4 Å². The monoisotopic (exact) mass is 397 g/mol. The van der Waals surface area contributed by atoms with Crippen molar-refractivity contribution in [2.75, 3.05) is 0 Å². The molecule has 0 bridgehead atoms. The van der Waals surface area contributed by atoms with E-state index in [1.807, 2.05) is 0 Å². The minimum atomic E-state index is -3.00. The number of rotatable bonds is 6. The number of carboxylic acids is 3. The molecule has 0 aromatic carbocycles. The van der Waals surface area contributed by atoms with E-state index < -0.39 is 52.6 Å². The van der Waals surface area contributed by atoms with Crippen LogP contribution >= 0.6 is 0 Å². The van der Waals surface area contributed by atoms with Crippen LogP contribution in [0.4, 0.5) is 0 Å².